The molecule has 0 aliphatic carbocycles. The maximum Gasteiger partial charge on any atom is 0.237 e. The van der Waals surface area contributed by atoms with Crippen LogP contribution in [0.5, 0.6) is 0 Å². The molecule has 0 saturated carbocycles. The van der Waals surface area contributed by atoms with Crippen molar-refractivity contribution in [3.05, 3.63) is 30.1 Å². The Morgan fingerprint density at radius 3 is 2.78 bits per heavy atom. The summed E-state index contributed by atoms with van der Waals surface area (Å²) < 4.78 is 13.1. The molecular weight excluding hydrogens is 237 g/mol. The zero-order valence-corrected chi connectivity index (χ0v) is 10.3. The highest BCUT2D eigenvalue weighted by molar-refractivity contribution is 6.08. The van der Waals surface area contributed by atoms with Crippen LogP contribution < -0.4 is 10.6 Å². The normalized spacial score (nSPS) is 13.2. The molecule has 3 N–H and O–H groups in total. The molecule has 5 nitrogen and oxygen atoms in total. The van der Waals surface area contributed by atoms with Crippen LogP contribution in [0.3, 0.4) is 0 Å². The molecule has 0 saturated heterocycles. The van der Waals surface area contributed by atoms with Gasteiger partial charge in [-0.3, -0.25) is 4.79 Å². The van der Waals surface area contributed by atoms with Crippen molar-refractivity contribution in [1.82, 2.24) is 0 Å². The Morgan fingerprint density at radius 1 is 1.61 bits per heavy atom. The third-order valence-corrected chi connectivity index (χ3v) is 2.70. The highest BCUT2D eigenvalue weighted by Crippen LogP contribution is 2.17. The number of rotatable bonds is 4. The summed E-state index contributed by atoms with van der Waals surface area (Å²) in [4.78, 5) is 13.4. The van der Waals surface area contributed by atoms with Gasteiger partial charge in [0.05, 0.1) is 5.92 Å². The average molecular weight is 253 g/mol. The Balaban J connectivity index is 2.96. The second-order valence-electron chi connectivity index (χ2n) is 3.86. The molecule has 0 aliphatic heterocycles. The lowest BCUT2D eigenvalue weighted by atomic mass is 10.0. The van der Waals surface area contributed by atoms with E-state index in [2.05, 4.69) is 5.16 Å². The van der Waals surface area contributed by atoms with E-state index in [9.17, 15) is 9.18 Å². The zero-order valence-electron chi connectivity index (χ0n) is 10.3. The summed E-state index contributed by atoms with van der Waals surface area (Å²) in [6, 6.07) is 5.67. The summed E-state index contributed by atoms with van der Waals surface area (Å²) in [5, 5.41) is 11.5. The van der Waals surface area contributed by atoms with Gasteiger partial charge in [-0.25, -0.2) is 4.39 Å². The summed E-state index contributed by atoms with van der Waals surface area (Å²) in [5.74, 6) is -1.64. The summed E-state index contributed by atoms with van der Waals surface area (Å²) in [5.41, 5.74) is 5.87. The number of oxime groups is 1. The van der Waals surface area contributed by atoms with Crippen LogP contribution in [0.4, 0.5) is 10.1 Å². The summed E-state index contributed by atoms with van der Waals surface area (Å²) in [6.07, 6.45) is 0.397. The van der Waals surface area contributed by atoms with E-state index >= 15 is 0 Å². The first-order valence-electron chi connectivity index (χ1n) is 5.51. The number of nitrogens with two attached hydrogens (primary N) is 1. The lowest BCUT2D eigenvalue weighted by Gasteiger charge is -2.22. The molecule has 0 bridgehead atoms. The number of benzene rings is 1. The Hall–Kier alpha value is -2.11. The molecule has 1 atom stereocenters. The summed E-state index contributed by atoms with van der Waals surface area (Å²) in [6.45, 7) is 1.75. The Bertz CT molecular complexity index is 462. The lowest BCUT2D eigenvalue weighted by Crippen LogP contribution is -2.39. The van der Waals surface area contributed by atoms with Gasteiger partial charge in [0.15, 0.2) is 5.84 Å². The fraction of sp³-hybridized carbons (Fsp3) is 0.333. The fourth-order valence-electron chi connectivity index (χ4n) is 1.63. The van der Waals surface area contributed by atoms with E-state index in [1.807, 2.05) is 0 Å². The molecule has 98 valence electrons. The molecule has 1 unspecified atom stereocenters. The number of hydrogen-bond acceptors (Lipinski definition) is 3. The molecular formula is C12H16FN3O2. The van der Waals surface area contributed by atoms with Crippen LogP contribution in [-0.4, -0.2) is 24.0 Å². The van der Waals surface area contributed by atoms with Gasteiger partial charge in [0.25, 0.3) is 0 Å². The molecule has 0 fully saturated rings. The van der Waals surface area contributed by atoms with Crippen LogP contribution in [0.1, 0.15) is 13.3 Å². The first-order valence-corrected chi connectivity index (χ1v) is 5.51. The Morgan fingerprint density at radius 2 is 2.28 bits per heavy atom. The minimum absolute atomic E-state index is 0.147. The maximum atomic E-state index is 13.1. The van der Waals surface area contributed by atoms with Crippen molar-refractivity contribution in [3.63, 3.8) is 0 Å². The molecule has 1 aromatic rings. The van der Waals surface area contributed by atoms with Gasteiger partial charge in [-0.15, -0.1) is 0 Å². The molecule has 0 spiro atoms. The number of amides is 1. The second-order valence-corrected chi connectivity index (χ2v) is 3.86. The van der Waals surface area contributed by atoms with E-state index in [1.54, 1.807) is 13.0 Å². The second kappa shape index (κ2) is 6.00. The van der Waals surface area contributed by atoms with Crippen molar-refractivity contribution in [2.45, 2.75) is 13.3 Å². The first-order chi connectivity index (χ1) is 8.51. The molecule has 0 heterocycles. The van der Waals surface area contributed by atoms with Crippen LogP contribution >= 0.6 is 0 Å². The molecule has 1 aromatic carbocycles. The smallest absolute Gasteiger partial charge is 0.237 e. The van der Waals surface area contributed by atoms with Gasteiger partial charge in [0, 0.05) is 12.7 Å². The van der Waals surface area contributed by atoms with Gasteiger partial charge >= 0.3 is 0 Å². The Labute approximate surface area is 105 Å². The van der Waals surface area contributed by atoms with Gasteiger partial charge in [-0.1, -0.05) is 18.1 Å². The molecule has 6 heteroatoms. The van der Waals surface area contributed by atoms with E-state index in [0.717, 1.165) is 0 Å². The van der Waals surface area contributed by atoms with E-state index < -0.39 is 11.7 Å². The number of anilines is 1. The standard InChI is InChI=1S/C12H16FN3O2/c1-3-10(11(14)15-18)12(17)16(2)9-6-4-5-8(13)7-9/h4-7,10,18H,3H2,1-2H3,(H2,14,15). The van der Waals surface area contributed by atoms with Crippen LogP contribution in [0, 0.1) is 11.7 Å². The van der Waals surface area contributed by atoms with Gasteiger partial charge in [0.1, 0.15) is 5.82 Å². The summed E-state index contributed by atoms with van der Waals surface area (Å²) >= 11 is 0. The number of halogens is 1. The number of amidine groups is 1. The number of hydrogen-bond donors (Lipinski definition) is 2. The molecule has 18 heavy (non-hydrogen) atoms. The van der Waals surface area contributed by atoms with Gasteiger partial charge in [-0.2, -0.15) is 0 Å². The van der Waals surface area contributed by atoms with Crippen molar-refractivity contribution >= 4 is 17.4 Å². The van der Waals surface area contributed by atoms with E-state index in [1.165, 1.54) is 30.1 Å². The summed E-state index contributed by atoms with van der Waals surface area (Å²) in [7, 11) is 1.52. The minimum atomic E-state index is -0.719. The van der Waals surface area contributed by atoms with Crippen molar-refractivity contribution < 1.29 is 14.4 Å². The molecule has 0 radical (unpaired) electrons. The first kappa shape index (κ1) is 14.0. The van der Waals surface area contributed by atoms with Crippen LogP contribution in [0.2, 0.25) is 0 Å². The number of carbonyl (C=O) groups excluding carboxylic acids is 1. The van der Waals surface area contributed by atoms with Crippen molar-refractivity contribution in [1.29, 1.82) is 0 Å². The quantitative estimate of drug-likeness (QED) is 0.370. The monoisotopic (exact) mass is 253 g/mol. The largest absolute Gasteiger partial charge is 0.409 e. The maximum absolute atomic E-state index is 13.1. The van der Waals surface area contributed by atoms with Crippen molar-refractivity contribution in [3.8, 4) is 0 Å². The predicted molar refractivity (Wildman–Crippen MR) is 67.0 cm³/mol. The average Bonchev–Trinajstić information content (AvgIpc) is 2.38. The number of nitrogens with zero attached hydrogens (tertiary/aromatic N) is 2. The topological polar surface area (TPSA) is 78.9 Å². The SMILES string of the molecule is CCC(C(=O)N(C)c1cccc(F)c1)C(N)=NO. The molecule has 1 amide bonds. The molecule has 0 aliphatic rings. The van der Waals surface area contributed by atoms with Crippen LogP contribution in [-0.2, 0) is 4.79 Å². The van der Waals surface area contributed by atoms with E-state index in [0.29, 0.717) is 12.1 Å². The van der Waals surface area contributed by atoms with Gasteiger partial charge in [0.2, 0.25) is 5.91 Å². The highest BCUT2D eigenvalue weighted by atomic mass is 19.1. The third-order valence-electron chi connectivity index (χ3n) is 2.70. The van der Waals surface area contributed by atoms with Crippen molar-refractivity contribution in [2.24, 2.45) is 16.8 Å². The zero-order chi connectivity index (χ0) is 13.7. The third kappa shape index (κ3) is 2.97. The van der Waals surface area contributed by atoms with Gasteiger partial charge in [-0.05, 0) is 24.6 Å². The lowest BCUT2D eigenvalue weighted by molar-refractivity contribution is -0.120. The molecule has 1 rings (SSSR count). The fourth-order valence-corrected chi connectivity index (χ4v) is 1.63. The highest BCUT2D eigenvalue weighted by Gasteiger charge is 2.25. The molecule has 0 aromatic heterocycles. The van der Waals surface area contributed by atoms with Crippen LogP contribution in [0.25, 0.3) is 0 Å². The Kier molecular flexibility index (Phi) is 4.65. The van der Waals surface area contributed by atoms with Crippen LogP contribution in [0.15, 0.2) is 29.4 Å². The number of carbonyl (C=O) groups is 1. The van der Waals surface area contributed by atoms with Crippen molar-refractivity contribution in [2.75, 3.05) is 11.9 Å². The van der Waals surface area contributed by atoms with Gasteiger partial charge < -0.3 is 15.8 Å². The minimum Gasteiger partial charge on any atom is -0.409 e. The van der Waals surface area contributed by atoms with E-state index in [4.69, 9.17) is 10.9 Å². The predicted octanol–water partition coefficient (Wildman–Crippen LogP) is 1.56. The van der Waals surface area contributed by atoms with E-state index in [-0.39, 0.29) is 11.7 Å².